The van der Waals surface area contributed by atoms with Crippen LogP contribution in [-0.4, -0.2) is 42.1 Å². The first-order valence-corrected chi connectivity index (χ1v) is 8.42. The summed E-state index contributed by atoms with van der Waals surface area (Å²) in [7, 11) is 0. The van der Waals surface area contributed by atoms with Crippen molar-refractivity contribution in [3.05, 3.63) is 27.0 Å². The van der Waals surface area contributed by atoms with Gasteiger partial charge in [-0.25, -0.2) is 4.98 Å². The molecule has 0 bridgehead atoms. The van der Waals surface area contributed by atoms with Crippen molar-refractivity contribution in [2.45, 2.75) is 26.7 Å². The third-order valence-corrected chi connectivity index (χ3v) is 5.36. The van der Waals surface area contributed by atoms with Crippen molar-refractivity contribution in [2.24, 2.45) is 0 Å². The summed E-state index contributed by atoms with van der Waals surface area (Å²) in [6.45, 7) is 6.45. The van der Waals surface area contributed by atoms with Crippen LogP contribution in [0.4, 0.5) is 0 Å². The number of aromatic nitrogens is 1. The number of nitrogens with zero attached hydrogens (tertiary/aromatic N) is 2. The second-order valence-corrected chi connectivity index (χ2v) is 7.05. The minimum absolute atomic E-state index is 0.0244. The monoisotopic (exact) mass is 318 g/mol. The highest BCUT2D eigenvalue weighted by Crippen LogP contribution is 2.41. The first kappa shape index (κ1) is 14.0. The molecular formula is C16H18N2O3S. The molecule has 116 valence electrons. The highest BCUT2D eigenvalue weighted by Gasteiger charge is 2.31. The molecule has 1 aliphatic heterocycles. The largest absolute Gasteiger partial charge is 0.455 e. The fourth-order valence-corrected chi connectivity index (χ4v) is 4.18. The number of aryl methyl sites for hydroxylation is 3. The molecule has 3 heterocycles. The molecule has 22 heavy (non-hydrogen) atoms. The van der Waals surface area contributed by atoms with Gasteiger partial charge in [0.05, 0.1) is 23.9 Å². The molecular weight excluding hydrogens is 300 g/mol. The first-order valence-electron chi connectivity index (χ1n) is 7.61. The molecule has 0 atom stereocenters. The van der Waals surface area contributed by atoms with Crippen LogP contribution in [0, 0.1) is 13.8 Å². The number of hydrogen-bond acceptors (Lipinski definition) is 5. The Labute approximate surface area is 132 Å². The quantitative estimate of drug-likeness (QED) is 0.811. The van der Waals surface area contributed by atoms with E-state index in [4.69, 9.17) is 9.15 Å². The van der Waals surface area contributed by atoms with E-state index in [-0.39, 0.29) is 5.91 Å². The van der Waals surface area contributed by atoms with Crippen molar-refractivity contribution < 1.29 is 13.9 Å². The Hall–Kier alpha value is -1.66. The van der Waals surface area contributed by atoms with Gasteiger partial charge in [-0.1, -0.05) is 0 Å². The molecule has 4 rings (SSSR count). The van der Waals surface area contributed by atoms with Crippen molar-refractivity contribution in [2.75, 3.05) is 26.3 Å². The Balaban J connectivity index is 1.75. The summed E-state index contributed by atoms with van der Waals surface area (Å²) in [6.07, 6.45) is 1.80. The van der Waals surface area contributed by atoms with Gasteiger partial charge in [-0.2, -0.15) is 0 Å². The standard InChI is InChI=1S/C16H18N2O3S/c1-9-13-11(3-4-12-14(13)17-10(2)22-12)21-15(9)16(19)18-5-7-20-8-6-18/h3-8H2,1-2H3. The van der Waals surface area contributed by atoms with Crippen LogP contribution in [-0.2, 0) is 17.6 Å². The average molecular weight is 318 g/mol. The summed E-state index contributed by atoms with van der Waals surface area (Å²) >= 11 is 1.74. The fraction of sp³-hybridized carbons (Fsp3) is 0.500. The second kappa shape index (κ2) is 5.21. The number of rotatable bonds is 1. The van der Waals surface area contributed by atoms with Crippen molar-refractivity contribution in [3.8, 4) is 11.3 Å². The molecule has 0 saturated carbocycles. The zero-order chi connectivity index (χ0) is 15.3. The van der Waals surface area contributed by atoms with Gasteiger partial charge in [0.2, 0.25) is 0 Å². The molecule has 1 saturated heterocycles. The molecule has 1 fully saturated rings. The number of morpholine rings is 1. The SMILES string of the molecule is Cc1nc2c(s1)CCc1oc(C(=O)N3CCOCC3)c(C)c1-2. The van der Waals surface area contributed by atoms with Crippen LogP contribution in [0.25, 0.3) is 11.3 Å². The minimum Gasteiger partial charge on any atom is -0.455 e. The molecule has 2 aliphatic rings. The molecule has 1 aliphatic carbocycles. The van der Waals surface area contributed by atoms with E-state index >= 15 is 0 Å². The lowest BCUT2D eigenvalue weighted by Gasteiger charge is -2.26. The number of ether oxygens (including phenoxy) is 1. The summed E-state index contributed by atoms with van der Waals surface area (Å²) in [5, 5.41) is 1.07. The van der Waals surface area contributed by atoms with Gasteiger partial charge in [0.1, 0.15) is 5.76 Å². The Morgan fingerprint density at radius 1 is 1.23 bits per heavy atom. The molecule has 1 amide bonds. The van der Waals surface area contributed by atoms with Crippen LogP contribution in [0.2, 0.25) is 0 Å². The number of furan rings is 1. The number of carbonyl (C=O) groups is 1. The van der Waals surface area contributed by atoms with Gasteiger partial charge in [0.25, 0.3) is 5.91 Å². The highest BCUT2D eigenvalue weighted by molar-refractivity contribution is 7.12. The molecule has 6 heteroatoms. The van der Waals surface area contributed by atoms with E-state index in [0.29, 0.717) is 32.1 Å². The molecule has 0 N–H and O–H groups in total. The van der Waals surface area contributed by atoms with Gasteiger partial charge >= 0.3 is 0 Å². The summed E-state index contributed by atoms with van der Waals surface area (Å²) in [5.74, 6) is 1.36. The number of hydrogen-bond donors (Lipinski definition) is 0. The van der Waals surface area contributed by atoms with Gasteiger partial charge in [-0.05, 0) is 20.3 Å². The topological polar surface area (TPSA) is 55.6 Å². The normalized spacial score (nSPS) is 17.3. The molecule has 0 spiro atoms. The Morgan fingerprint density at radius 2 is 2.00 bits per heavy atom. The minimum atomic E-state index is -0.0244. The summed E-state index contributed by atoms with van der Waals surface area (Å²) in [4.78, 5) is 20.5. The van der Waals surface area contributed by atoms with Crippen molar-refractivity contribution in [1.82, 2.24) is 9.88 Å². The molecule has 0 aromatic carbocycles. The van der Waals surface area contributed by atoms with E-state index in [9.17, 15) is 4.79 Å². The van der Waals surface area contributed by atoms with Crippen LogP contribution >= 0.6 is 11.3 Å². The summed E-state index contributed by atoms with van der Waals surface area (Å²) < 4.78 is 11.3. The summed E-state index contributed by atoms with van der Waals surface area (Å²) in [6, 6.07) is 0. The van der Waals surface area contributed by atoms with Gasteiger partial charge in [-0.15, -0.1) is 11.3 Å². The summed E-state index contributed by atoms with van der Waals surface area (Å²) in [5.41, 5.74) is 2.99. The van der Waals surface area contributed by atoms with E-state index in [1.165, 1.54) is 4.88 Å². The Bertz CT molecular complexity index is 741. The molecule has 0 radical (unpaired) electrons. The van der Waals surface area contributed by atoms with Gasteiger partial charge in [0, 0.05) is 35.5 Å². The Morgan fingerprint density at radius 3 is 2.77 bits per heavy atom. The maximum Gasteiger partial charge on any atom is 0.290 e. The van der Waals surface area contributed by atoms with Gasteiger partial charge in [-0.3, -0.25) is 4.79 Å². The maximum atomic E-state index is 12.7. The van der Waals surface area contributed by atoms with Crippen LogP contribution < -0.4 is 0 Å². The zero-order valence-electron chi connectivity index (χ0n) is 12.8. The van der Waals surface area contributed by atoms with Crippen LogP contribution in [0.1, 0.15) is 31.8 Å². The third kappa shape index (κ3) is 2.09. The van der Waals surface area contributed by atoms with Crippen molar-refractivity contribution >= 4 is 17.2 Å². The molecule has 2 aromatic rings. The van der Waals surface area contributed by atoms with E-state index in [2.05, 4.69) is 4.98 Å². The predicted octanol–water partition coefficient (Wildman–Crippen LogP) is 2.59. The number of carbonyl (C=O) groups excluding carboxylic acids is 1. The van der Waals surface area contributed by atoms with E-state index in [0.717, 1.165) is 40.4 Å². The predicted molar refractivity (Wildman–Crippen MR) is 83.4 cm³/mol. The highest BCUT2D eigenvalue weighted by atomic mass is 32.1. The zero-order valence-corrected chi connectivity index (χ0v) is 13.6. The van der Waals surface area contributed by atoms with Crippen LogP contribution in [0.15, 0.2) is 4.42 Å². The van der Waals surface area contributed by atoms with Crippen LogP contribution in [0.3, 0.4) is 0 Å². The lowest BCUT2D eigenvalue weighted by Crippen LogP contribution is -2.40. The van der Waals surface area contributed by atoms with E-state index in [1.807, 2.05) is 18.7 Å². The molecule has 2 aromatic heterocycles. The van der Waals surface area contributed by atoms with Gasteiger partial charge < -0.3 is 14.1 Å². The average Bonchev–Trinajstić information content (AvgIpc) is 3.07. The van der Waals surface area contributed by atoms with E-state index in [1.54, 1.807) is 11.3 Å². The van der Waals surface area contributed by atoms with Crippen molar-refractivity contribution in [1.29, 1.82) is 0 Å². The third-order valence-electron chi connectivity index (χ3n) is 4.33. The first-order chi connectivity index (χ1) is 10.6. The van der Waals surface area contributed by atoms with E-state index < -0.39 is 0 Å². The van der Waals surface area contributed by atoms with Crippen molar-refractivity contribution in [3.63, 3.8) is 0 Å². The van der Waals surface area contributed by atoms with Crippen LogP contribution in [0.5, 0.6) is 0 Å². The molecule has 5 nitrogen and oxygen atoms in total. The second-order valence-electron chi connectivity index (χ2n) is 5.76. The maximum absolute atomic E-state index is 12.7. The molecule has 0 unspecified atom stereocenters. The van der Waals surface area contributed by atoms with Gasteiger partial charge in [0.15, 0.2) is 5.76 Å². The lowest BCUT2D eigenvalue weighted by atomic mass is 9.97. The fourth-order valence-electron chi connectivity index (χ4n) is 3.23. The number of fused-ring (bicyclic) bond motifs is 3. The number of thiazole rings is 1. The lowest BCUT2D eigenvalue weighted by molar-refractivity contribution is 0.0281. The Kier molecular flexibility index (Phi) is 3.31. The number of amides is 1. The smallest absolute Gasteiger partial charge is 0.290 e.